The van der Waals surface area contributed by atoms with E-state index in [1.54, 1.807) is 12.3 Å². The summed E-state index contributed by atoms with van der Waals surface area (Å²) in [6.45, 7) is 0. The second-order valence-electron chi connectivity index (χ2n) is 8.35. The van der Waals surface area contributed by atoms with Crippen LogP contribution >= 0.6 is 11.6 Å². The molecule has 0 amide bonds. The van der Waals surface area contributed by atoms with E-state index in [9.17, 15) is 22.0 Å². The summed E-state index contributed by atoms with van der Waals surface area (Å²) in [5.74, 6) is -4.67. The van der Waals surface area contributed by atoms with Crippen molar-refractivity contribution in [1.82, 2.24) is 19.6 Å². The van der Waals surface area contributed by atoms with Crippen LogP contribution in [-0.4, -0.2) is 31.8 Å². The maximum absolute atomic E-state index is 14.3. The van der Waals surface area contributed by atoms with Gasteiger partial charge in [-0.2, -0.15) is 32.1 Å². The second-order valence-corrected chi connectivity index (χ2v) is 8.75. The van der Waals surface area contributed by atoms with Crippen molar-refractivity contribution in [3.63, 3.8) is 0 Å². The van der Waals surface area contributed by atoms with Crippen molar-refractivity contribution >= 4 is 17.3 Å². The Kier molecular flexibility index (Phi) is 4.77. The zero-order chi connectivity index (χ0) is 22.8. The third kappa shape index (κ3) is 3.64. The number of halogens is 6. The van der Waals surface area contributed by atoms with Crippen LogP contribution < -0.4 is 5.32 Å². The molecule has 2 aromatic heterocycles. The SMILES string of the molecule is Cn1nc(C(F)(F)C(F)(F)F)c(NC2CC2)c1-n1cc(-c2ccc(Cl)c(C3CC3)c2)cn1. The van der Waals surface area contributed by atoms with Crippen LogP contribution in [0.5, 0.6) is 0 Å². The Morgan fingerprint density at radius 3 is 2.41 bits per heavy atom. The highest BCUT2D eigenvalue weighted by molar-refractivity contribution is 6.31. The van der Waals surface area contributed by atoms with Crippen molar-refractivity contribution in [3.8, 4) is 16.9 Å². The Bertz CT molecular complexity index is 1170. The lowest BCUT2D eigenvalue weighted by molar-refractivity contribution is -0.290. The highest BCUT2D eigenvalue weighted by atomic mass is 35.5. The fourth-order valence-electron chi connectivity index (χ4n) is 3.71. The van der Waals surface area contributed by atoms with Gasteiger partial charge in [-0.15, -0.1) is 0 Å². The number of aryl methyl sites for hydroxylation is 1. The van der Waals surface area contributed by atoms with Gasteiger partial charge in [0.1, 0.15) is 5.69 Å². The normalized spacial score (nSPS) is 17.1. The molecule has 1 aromatic carbocycles. The van der Waals surface area contributed by atoms with Gasteiger partial charge in [-0.3, -0.25) is 0 Å². The van der Waals surface area contributed by atoms with Crippen LogP contribution in [0.2, 0.25) is 5.02 Å². The van der Waals surface area contributed by atoms with E-state index in [0.717, 1.165) is 28.7 Å². The standard InChI is InChI=1S/C21H19ClF5N5/c1-31-19(17(29-14-5-6-14)18(30-31)20(23,24)21(25,26)27)32-10-13(9-28-32)12-4-7-16(22)15(8-12)11-2-3-11/h4,7-11,14,29H,2-3,5-6H2,1H3. The van der Waals surface area contributed by atoms with E-state index < -0.39 is 17.8 Å². The quantitative estimate of drug-likeness (QED) is 0.446. The number of rotatable bonds is 6. The summed E-state index contributed by atoms with van der Waals surface area (Å²) >= 11 is 6.29. The van der Waals surface area contributed by atoms with E-state index in [1.807, 2.05) is 12.1 Å². The monoisotopic (exact) mass is 471 g/mol. The van der Waals surface area contributed by atoms with Crippen molar-refractivity contribution in [2.75, 3.05) is 5.32 Å². The molecule has 2 aliphatic carbocycles. The molecule has 0 bridgehead atoms. The van der Waals surface area contributed by atoms with Gasteiger partial charge in [0.2, 0.25) is 0 Å². The van der Waals surface area contributed by atoms with Crippen LogP contribution in [0.25, 0.3) is 16.9 Å². The topological polar surface area (TPSA) is 47.7 Å². The van der Waals surface area contributed by atoms with Crippen LogP contribution in [0.15, 0.2) is 30.6 Å². The molecule has 5 nitrogen and oxygen atoms in total. The van der Waals surface area contributed by atoms with E-state index in [0.29, 0.717) is 29.3 Å². The van der Waals surface area contributed by atoms with Crippen LogP contribution in [-0.2, 0) is 13.0 Å². The highest BCUT2D eigenvalue weighted by Crippen LogP contribution is 2.48. The van der Waals surface area contributed by atoms with Gasteiger partial charge >= 0.3 is 12.1 Å². The molecule has 32 heavy (non-hydrogen) atoms. The summed E-state index contributed by atoms with van der Waals surface area (Å²) in [6, 6.07) is 5.42. The first-order valence-electron chi connectivity index (χ1n) is 10.2. The lowest BCUT2D eigenvalue weighted by Gasteiger charge is -2.19. The van der Waals surface area contributed by atoms with E-state index in [2.05, 4.69) is 15.5 Å². The summed E-state index contributed by atoms with van der Waals surface area (Å²) < 4.78 is 70.1. The predicted molar refractivity (Wildman–Crippen MR) is 109 cm³/mol. The van der Waals surface area contributed by atoms with Crippen LogP contribution in [0.3, 0.4) is 0 Å². The summed E-state index contributed by atoms with van der Waals surface area (Å²) in [4.78, 5) is 0. The second kappa shape index (κ2) is 7.19. The lowest BCUT2D eigenvalue weighted by Crippen LogP contribution is -2.35. The fourth-order valence-corrected chi connectivity index (χ4v) is 3.99. The fraction of sp³-hybridized carbons (Fsp3) is 0.429. The Hall–Kier alpha value is -2.62. The molecule has 3 aromatic rings. The largest absolute Gasteiger partial charge is 0.459 e. The number of nitrogens with zero attached hydrogens (tertiary/aromatic N) is 4. The van der Waals surface area contributed by atoms with Crippen LogP contribution in [0, 0.1) is 0 Å². The smallest absolute Gasteiger partial charge is 0.378 e. The van der Waals surface area contributed by atoms with Crippen molar-refractivity contribution in [3.05, 3.63) is 46.9 Å². The molecule has 0 atom stereocenters. The molecule has 2 heterocycles. The molecule has 2 aliphatic rings. The molecule has 2 fully saturated rings. The Balaban J connectivity index is 1.57. The predicted octanol–water partition coefficient (Wildman–Crippen LogP) is 6.03. The number of nitrogens with one attached hydrogen (secondary N) is 1. The maximum Gasteiger partial charge on any atom is 0.459 e. The zero-order valence-corrected chi connectivity index (χ0v) is 17.7. The molecule has 0 radical (unpaired) electrons. The zero-order valence-electron chi connectivity index (χ0n) is 16.9. The molecule has 0 aliphatic heterocycles. The number of hydrogen-bond acceptors (Lipinski definition) is 3. The molecule has 0 saturated heterocycles. The minimum Gasteiger partial charge on any atom is -0.378 e. The van der Waals surface area contributed by atoms with Gasteiger partial charge in [0, 0.05) is 29.9 Å². The average Bonchev–Trinajstić information content (AvgIpc) is 3.63. The van der Waals surface area contributed by atoms with Gasteiger partial charge in [-0.05, 0) is 54.9 Å². The third-order valence-corrected chi connectivity index (χ3v) is 6.09. The van der Waals surface area contributed by atoms with E-state index in [-0.39, 0.29) is 17.5 Å². The molecule has 1 N–H and O–H groups in total. The minimum absolute atomic E-state index is 0.0125. The third-order valence-electron chi connectivity index (χ3n) is 5.74. The van der Waals surface area contributed by atoms with Gasteiger partial charge in [0.15, 0.2) is 11.5 Å². The average molecular weight is 472 g/mol. The van der Waals surface area contributed by atoms with Gasteiger partial charge in [0.25, 0.3) is 0 Å². The Morgan fingerprint density at radius 2 is 1.78 bits per heavy atom. The van der Waals surface area contributed by atoms with Gasteiger partial charge in [0.05, 0.1) is 6.20 Å². The van der Waals surface area contributed by atoms with Crippen molar-refractivity contribution in [2.24, 2.45) is 7.05 Å². The molecule has 2 saturated carbocycles. The summed E-state index contributed by atoms with van der Waals surface area (Å²) in [6.07, 6.45) is 0.874. The van der Waals surface area contributed by atoms with Crippen molar-refractivity contribution in [2.45, 2.75) is 49.7 Å². The molecule has 170 valence electrons. The number of aromatic nitrogens is 4. The van der Waals surface area contributed by atoms with Gasteiger partial charge in [-0.1, -0.05) is 17.7 Å². The lowest BCUT2D eigenvalue weighted by atomic mass is 10.0. The number of hydrogen-bond donors (Lipinski definition) is 1. The maximum atomic E-state index is 14.3. The van der Waals surface area contributed by atoms with E-state index >= 15 is 0 Å². The van der Waals surface area contributed by atoms with E-state index in [1.165, 1.54) is 17.9 Å². The van der Waals surface area contributed by atoms with Crippen LogP contribution in [0.4, 0.5) is 27.6 Å². The number of benzene rings is 1. The summed E-state index contributed by atoms with van der Waals surface area (Å²) in [5.41, 5.74) is 0.852. The molecule has 5 rings (SSSR count). The molecule has 0 spiro atoms. The van der Waals surface area contributed by atoms with Crippen molar-refractivity contribution in [1.29, 1.82) is 0 Å². The Morgan fingerprint density at radius 1 is 1.06 bits per heavy atom. The molecular formula is C21H19ClF5N5. The minimum atomic E-state index is -5.77. The first-order valence-corrected chi connectivity index (χ1v) is 10.6. The molecule has 11 heteroatoms. The van der Waals surface area contributed by atoms with E-state index in [4.69, 9.17) is 11.6 Å². The number of alkyl halides is 5. The van der Waals surface area contributed by atoms with Crippen molar-refractivity contribution < 1.29 is 22.0 Å². The first-order chi connectivity index (χ1) is 15.1. The number of anilines is 1. The first kappa shape index (κ1) is 21.2. The Labute approximate surface area is 185 Å². The van der Waals surface area contributed by atoms with Gasteiger partial charge in [-0.25, -0.2) is 9.36 Å². The summed E-state index contributed by atoms with van der Waals surface area (Å²) in [7, 11) is 1.32. The highest BCUT2D eigenvalue weighted by Gasteiger charge is 2.62. The van der Waals surface area contributed by atoms with Gasteiger partial charge < -0.3 is 5.32 Å². The van der Waals surface area contributed by atoms with Crippen LogP contribution in [0.1, 0.15) is 42.9 Å². The molecule has 0 unspecified atom stereocenters. The molecular weight excluding hydrogens is 453 g/mol. The summed E-state index contributed by atoms with van der Waals surface area (Å²) in [5, 5.41) is 11.3.